The van der Waals surface area contributed by atoms with Crippen LogP contribution >= 0.6 is 8.38 Å². The Hall–Kier alpha value is -0.810. The van der Waals surface area contributed by atoms with Crippen LogP contribution in [0.2, 0.25) is 0 Å². The lowest BCUT2D eigenvalue weighted by Gasteiger charge is -2.22. The molecule has 0 bridgehead atoms. The summed E-state index contributed by atoms with van der Waals surface area (Å²) in [6.07, 6.45) is 1.86. The zero-order valence-electron chi connectivity index (χ0n) is 15.0. The Labute approximate surface area is 141 Å². The van der Waals surface area contributed by atoms with E-state index in [1.54, 1.807) is 34.5 Å². The third kappa shape index (κ3) is 13.3. The summed E-state index contributed by atoms with van der Waals surface area (Å²) in [6, 6.07) is 9.95. The van der Waals surface area contributed by atoms with Crippen LogP contribution < -0.4 is 0 Å². The van der Waals surface area contributed by atoms with Crippen molar-refractivity contribution in [2.75, 3.05) is 28.4 Å². The summed E-state index contributed by atoms with van der Waals surface area (Å²) in [7, 11) is 4.40. The van der Waals surface area contributed by atoms with E-state index >= 15 is 0 Å². The third-order valence-corrected chi connectivity index (χ3v) is 3.07. The highest BCUT2D eigenvalue weighted by Crippen LogP contribution is 2.25. The van der Waals surface area contributed by atoms with Crippen molar-refractivity contribution in [3.63, 3.8) is 0 Å². The van der Waals surface area contributed by atoms with Gasteiger partial charge in [0.1, 0.15) is 6.10 Å². The van der Waals surface area contributed by atoms with Crippen molar-refractivity contribution in [1.82, 2.24) is 0 Å². The largest absolute Gasteiger partial charge is 0.388 e. The van der Waals surface area contributed by atoms with Crippen LogP contribution in [0.3, 0.4) is 0 Å². The smallest absolute Gasteiger partial charge is 0.191 e. The fourth-order valence-corrected chi connectivity index (χ4v) is 2.02. The predicted octanol–water partition coefficient (Wildman–Crippen LogP) is 3.36. The number of rotatable bonds is 7. The molecule has 0 spiro atoms. The van der Waals surface area contributed by atoms with Crippen LogP contribution in [0.5, 0.6) is 0 Å². The van der Waals surface area contributed by atoms with E-state index in [0.717, 1.165) is 5.56 Å². The highest BCUT2D eigenvalue weighted by molar-refractivity contribution is 7.48. The van der Waals surface area contributed by atoms with Gasteiger partial charge in [0.25, 0.3) is 0 Å². The Balaban J connectivity index is 0. The lowest BCUT2D eigenvalue weighted by molar-refractivity contribution is -0.0106. The summed E-state index contributed by atoms with van der Waals surface area (Å²) < 4.78 is 15.0. The Morgan fingerprint density at radius 1 is 1.00 bits per heavy atom. The van der Waals surface area contributed by atoms with Gasteiger partial charge in [-0.2, -0.15) is 0 Å². The number of ether oxygens (including phenoxy) is 3. The molecule has 23 heavy (non-hydrogen) atoms. The van der Waals surface area contributed by atoms with Gasteiger partial charge in [-0.05, 0) is 17.5 Å². The molecule has 2 atom stereocenters. The average molecular weight is 346 g/mol. The molecule has 0 aliphatic rings. The molecule has 0 aromatic heterocycles. The molecular formula is C17H31O5P. The maximum absolute atomic E-state index is 8.88. The normalized spacial score (nSPS) is 12.9. The Morgan fingerprint density at radius 3 is 1.91 bits per heavy atom. The number of hydrogen-bond acceptors (Lipinski definition) is 5. The summed E-state index contributed by atoms with van der Waals surface area (Å²) >= 11 is 0. The van der Waals surface area contributed by atoms with E-state index in [9.17, 15) is 0 Å². The van der Waals surface area contributed by atoms with E-state index in [2.05, 4.69) is 4.74 Å². The molecule has 2 N–H and O–H groups in total. The molecule has 1 rings (SSSR count). The monoisotopic (exact) mass is 346 g/mol. The van der Waals surface area contributed by atoms with Crippen molar-refractivity contribution < 1.29 is 24.0 Å². The SMILES string of the molecule is CC.COC.COC(/C=C/P(O)O)[C@H](Cc1ccccc1)OC. The molecule has 1 aromatic rings. The lowest BCUT2D eigenvalue weighted by atomic mass is 10.0. The van der Waals surface area contributed by atoms with Gasteiger partial charge in [0.2, 0.25) is 0 Å². The predicted molar refractivity (Wildman–Crippen MR) is 96.5 cm³/mol. The van der Waals surface area contributed by atoms with Crippen LogP contribution in [-0.4, -0.2) is 50.4 Å². The van der Waals surface area contributed by atoms with Crippen molar-refractivity contribution in [3.8, 4) is 0 Å². The van der Waals surface area contributed by atoms with E-state index in [1.807, 2.05) is 44.2 Å². The first-order chi connectivity index (χ1) is 11.1. The summed E-state index contributed by atoms with van der Waals surface area (Å²) in [5.41, 5.74) is 1.15. The Kier molecular flexibility index (Phi) is 18.6. The van der Waals surface area contributed by atoms with Crippen molar-refractivity contribution in [2.45, 2.75) is 32.5 Å². The first-order valence-corrected chi connectivity index (χ1v) is 8.75. The van der Waals surface area contributed by atoms with Gasteiger partial charge in [-0.15, -0.1) is 0 Å². The molecule has 0 aliphatic carbocycles. The molecule has 6 heteroatoms. The molecule has 0 heterocycles. The van der Waals surface area contributed by atoms with Crippen LogP contribution in [0.25, 0.3) is 0 Å². The zero-order chi connectivity index (χ0) is 18.1. The van der Waals surface area contributed by atoms with Crippen LogP contribution in [0.1, 0.15) is 19.4 Å². The molecule has 0 aliphatic heterocycles. The molecular weight excluding hydrogens is 315 g/mol. The van der Waals surface area contributed by atoms with E-state index in [-0.39, 0.29) is 12.2 Å². The molecule has 1 unspecified atom stereocenters. The minimum absolute atomic E-state index is 0.163. The van der Waals surface area contributed by atoms with Crippen LogP contribution in [0.4, 0.5) is 0 Å². The maximum Gasteiger partial charge on any atom is 0.191 e. The third-order valence-electron chi connectivity index (χ3n) is 2.63. The van der Waals surface area contributed by atoms with Gasteiger partial charge in [0.05, 0.1) is 6.10 Å². The topological polar surface area (TPSA) is 68.2 Å². The molecule has 0 saturated heterocycles. The van der Waals surface area contributed by atoms with Gasteiger partial charge < -0.3 is 24.0 Å². The maximum atomic E-state index is 8.88. The number of methoxy groups -OCH3 is 3. The fraction of sp³-hybridized carbons (Fsp3) is 0.529. The van der Waals surface area contributed by atoms with Crippen LogP contribution in [0.15, 0.2) is 42.2 Å². The fourth-order valence-electron chi connectivity index (χ4n) is 1.70. The van der Waals surface area contributed by atoms with Gasteiger partial charge in [-0.1, -0.05) is 44.2 Å². The van der Waals surface area contributed by atoms with Gasteiger partial charge in [0, 0.05) is 34.9 Å². The molecule has 0 fully saturated rings. The number of benzene rings is 1. The van der Waals surface area contributed by atoms with Crippen molar-refractivity contribution in [3.05, 3.63) is 47.8 Å². The van der Waals surface area contributed by atoms with Gasteiger partial charge >= 0.3 is 0 Å². The summed E-state index contributed by atoms with van der Waals surface area (Å²) in [4.78, 5) is 17.8. The minimum Gasteiger partial charge on any atom is -0.388 e. The quantitative estimate of drug-likeness (QED) is 0.741. The van der Waals surface area contributed by atoms with E-state index < -0.39 is 8.38 Å². The summed E-state index contributed by atoms with van der Waals surface area (Å²) in [6.45, 7) is 4.00. The molecule has 134 valence electrons. The van der Waals surface area contributed by atoms with Gasteiger partial charge in [0.15, 0.2) is 8.38 Å². The van der Waals surface area contributed by atoms with Gasteiger partial charge in [-0.25, -0.2) is 0 Å². The average Bonchev–Trinajstić information content (AvgIpc) is 2.57. The first kappa shape index (κ1) is 24.4. The lowest BCUT2D eigenvalue weighted by Crippen LogP contribution is -2.30. The van der Waals surface area contributed by atoms with Crippen LogP contribution in [0, 0.1) is 0 Å². The molecule has 0 amide bonds. The standard InChI is InChI=1S/C13H19O4P.C2H6O.C2H6/c1-16-12(8-9-18(14)15)13(17-2)10-11-6-4-3-5-7-11;1-3-2;1-2/h3-9,12-15H,10H2,1-2H3;1-2H3;1-2H3/b9-8+;;/t12?,13-;;/m0../s1. The van der Waals surface area contributed by atoms with E-state index in [4.69, 9.17) is 19.3 Å². The highest BCUT2D eigenvalue weighted by Gasteiger charge is 2.19. The second kappa shape index (κ2) is 17.5. The number of hydrogen-bond donors (Lipinski definition) is 2. The van der Waals surface area contributed by atoms with E-state index in [1.165, 1.54) is 5.82 Å². The zero-order valence-corrected chi connectivity index (χ0v) is 15.9. The highest BCUT2D eigenvalue weighted by atomic mass is 31.2. The van der Waals surface area contributed by atoms with Gasteiger partial charge in [-0.3, -0.25) is 0 Å². The molecule has 1 aromatic carbocycles. The molecule has 0 saturated carbocycles. The van der Waals surface area contributed by atoms with Crippen molar-refractivity contribution >= 4 is 8.38 Å². The summed E-state index contributed by atoms with van der Waals surface area (Å²) in [5, 5.41) is 0. The molecule has 0 radical (unpaired) electrons. The second-order valence-corrected chi connectivity index (χ2v) is 5.17. The second-order valence-electron chi connectivity index (χ2n) is 4.23. The first-order valence-electron chi connectivity index (χ1n) is 7.44. The van der Waals surface area contributed by atoms with Crippen molar-refractivity contribution in [2.24, 2.45) is 0 Å². The van der Waals surface area contributed by atoms with Crippen LogP contribution in [-0.2, 0) is 20.6 Å². The minimum atomic E-state index is -2.04. The Morgan fingerprint density at radius 2 is 1.52 bits per heavy atom. The van der Waals surface area contributed by atoms with Crippen molar-refractivity contribution in [1.29, 1.82) is 0 Å². The molecule has 5 nitrogen and oxygen atoms in total. The summed E-state index contributed by atoms with van der Waals surface area (Å²) in [5.74, 6) is 1.33. The Bertz CT molecular complexity index is 371. The van der Waals surface area contributed by atoms with E-state index in [0.29, 0.717) is 6.42 Å².